The number of aliphatic carboxylic acids is 1. The zero-order chi connectivity index (χ0) is 35.1. The van der Waals surface area contributed by atoms with Crippen molar-refractivity contribution in [1.29, 1.82) is 0 Å². The molecule has 7 unspecified atom stereocenters. The van der Waals surface area contributed by atoms with Crippen molar-refractivity contribution in [2.75, 3.05) is 35.2 Å². The first kappa shape index (κ1) is 38.3. The first-order valence-electron chi connectivity index (χ1n) is 18.8. The maximum atomic E-state index is 13.5. The van der Waals surface area contributed by atoms with E-state index in [1.54, 1.807) is 35.2 Å². The van der Waals surface area contributed by atoms with Crippen LogP contribution >= 0.6 is 0 Å². The van der Waals surface area contributed by atoms with E-state index in [0.29, 0.717) is 23.7 Å². The number of ether oxygens (including phenoxy) is 1. The second kappa shape index (κ2) is 14.4. The quantitative estimate of drug-likeness (QED) is 0.0873. The number of nitrogens with zero attached hydrogens (tertiary/aromatic N) is 2. The number of quaternary nitrogens is 1. The summed E-state index contributed by atoms with van der Waals surface area (Å²) >= 11 is 0. The Balaban J connectivity index is 1.62. The largest absolute Gasteiger partial charge is 0.477 e. The molecule has 3 fully saturated rings. The number of hydrogen-bond acceptors (Lipinski definition) is 6. The van der Waals surface area contributed by atoms with Crippen molar-refractivity contribution in [2.24, 2.45) is 52.3 Å². The molecule has 0 aromatic heterocycles. The van der Waals surface area contributed by atoms with Crippen molar-refractivity contribution in [3.8, 4) is 0 Å². The average Bonchev–Trinajstić information content (AvgIpc) is 3.29. The Hall–Kier alpha value is -1.48. The lowest BCUT2D eigenvalue weighted by Crippen LogP contribution is -2.63. The van der Waals surface area contributed by atoms with Gasteiger partial charge in [-0.25, -0.2) is 9.59 Å². The Morgan fingerprint density at radius 2 is 1.74 bits per heavy atom. The minimum atomic E-state index is -1.67. The van der Waals surface area contributed by atoms with Crippen LogP contribution in [0.3, 0.4) is 0 Å². The summed E-state index contributed by atoms with van der Waals surface area (Å²) in [6.45, 7) is 14.4. The van der Waals surface area contributed by atoms with E-state index in [4.69, 9.17) is 9.57 Å². The molecule has 0 bridgehead atoms. The Morgan fingerprint density at radius 1 is 1.06 bits per heavy atom. The number of likely N-dealkylation sites (N-methyl/N-ethyl adjacent to an activating group) is 1. The van der Waals surface area contributed by atoms with Gasteiger partial charge in [0.25, 0.3) is 0 Å². The second-order valence-corrected chi connectivity index (χ2v) is 18.2. The first-order valence-corrected chi connectivity index (χ1v) is 18.8. The molecule has 3 saturated carbocycles. The number of hydroxylamine groups is 2. The van der Waals surface area contributed by atoms with Crippen molar-refractivity contribution in [2.45, 2.75) is 137 Å². The van der Waals surface area contributed by atoms with E-state index >= 15 is 0 Å². The third-order valence-corrected chi connectivity index (χ3v) is 13.4. The predicted molar refractivity (Wildman–Crippen MR) is 186 cm³/mol. The summed E-state index contributed by atoms with van der Waals surface area (Å²) in [5.74, 6) is 0.451. The molecule has 8 nitrogen and oxygen atoms in total. The Morgan fingerprint density at radius 3 is 2.32 bits per heavy atom. The topological polar surface area (TPSA) is 96.3 Å². The van der Waals surface area contributed by atoms with Gasteiger partial charge in [0, 0.05) is 26.4 Å². The molecule has 0 saturated heterocycles. The zero-order valence-electron chi connectivity index (χ0n) is 31.7. The maximum absolute atomic E-state index is 13.5. The highest BCUT2D eigenvalue weighted by atomic mass is 16.7. The third-order valence-electron chi connectivity index (χ3n) is 13.4. The van der Waals surface area contributed by atoms with Gasteiger partial charge >= 0.3 is 11.9 Å². The Bertz CT molecular complexity index is 1150. The van der Waals surface area contributed by atoms with Gasteiger partial charge in [-0.1, -0.05) is 78.9 Å². The molecule has 0 heterocycles. The van der Waals surface area contributed by atoms with Crippen LogP contribution in [0.4, 0.5) is 0 Å². The van der Waals surface area contributed by atoms with E-state index in [1.165, 1.54) is 55.6 Å². The highest BCUT2D eigenvalue weighted by Gasteiger charge is 2.62. The van der Waals surface area contributed by atoms with Crippen LogP contribution in [-0.2, 0) is 19.2 Å². The fourth-order valence-corrected chi connectivity index (χ4v) is 11.2. The third kappa shape index (κ3) is 7.66. The number of carboxylic acids is 1. The number of hydrogen-bond donors (Lipinski definition) is 2. The van der Waals surface area contributed by atoms with Gasteiger partial charge in [0.2, 0.25) is 12.1 Å². The summed E-state index contributed by atoms with van der Waals surface area (Å²) in [5, 5.41) is 24.0. The lowest BCUT2D eigenvalue weighted by atomic mass is 9.45. The van der Waals surface area contributed by atoms with Gasteiger partial charge in [-0.05, 0) is 91.3 Å². The molecule has 270 valence electrons. The fourth-order valence-electron chi connectivity index (χ4n) is 11.2. The van der Waals surface area contributed by atoms with Crippen LogP contribution in [0.25, 0.3) is 0 Å². The van der Waals surface area contributed by atoms with Gasteiger partial charge in [0.05, 0.1) is 21.1 Å². The summed E-state index contributed by atoms with van der Waals surface area (Å²) in [6, 6.07) is -1.26. The average molecular weight is 662 g/mol. The highest BCUT2D eigenvalue weighted by Crippen LogP contribution is 2.68. The van der Waals surface area contributed by atoms with Crippen molar-refractivity contribution >= 4 is 11.9 Å². The summed E-state index contributed by atoms with van der Waals surface area (Å²) in [6.07, 6.45) is 13.8. The minimum Gasteiger partial charge on any atom is -0.477 e. The van der Waals surface area contributed by atoms with E-state index in [-0.39, 0.29) is 15.8 Å². The molecular formula is C39H69N2O6+. The van der Waals surface area contributed by atoms with Crippen LogP contribution in [0.15, 0.2) is 11.6 Å². The van der Waals surface area contributed by atoms with Crippen molar-refractivity contribution in [1.82, 2.24) is 5.06 Å². The summed E-state index contributed by atoms with van der Waals surface area (Å²) in [4.78, 5) is 31.5. The Kier molecular flexibility index (Phi) is 11.7. The number of aliphatic hydroxyl groups is 1. The van der Waals surface area contributed by atoms with Gasteiger partial charge in [0.1, 0.15) is 0 Å². The summed E-state index contributed by atoms with van der Waals surface area (Å²) in [5.41, 5.74) is 1.58. The van der Waals surface area contributed by atoms with Crippen LogP contribution < -0.4 is 0 Å². The van der Waals surface area contributed by atoms with Gasteiger partial charge < -0.3 is 24.3 Å². The summed E-state index contributed by atoms with van der Waals surface area (Å²) < 4.78 is 6.42. The molecule has 0 aromatic rings. The molecular weight excluding hydrogens is 592 g/mol. The normalized spacial score (nSPS) is 37.4. The highest BCUT2D eigenvalue weighted by molar-refractivity contribution is 5.84. The molecule has 8 heteroatoms. The van der Waals surface area contributed by atoms with E-state index in [9.17, 15) is 19.8 Å². The van der Waals surface area contributed by atoms with Crippen LogP contribution in [0, 0.1) is 52.3 Å². The molecule has 0 radical (unpaired) electrons. The monoisotopic (exact) mass is 662 g/mol. The smallest absolute Gasteiger partial charge is 0.366 e. The van der Waals surface area contributed by atoms with Gasteiger partial charge in [-0.2, -0.15) is 0 Å². The number of carbonyl (C=O) groups is 2. The molecule has 47 heavy (non-hydrogen) atoms. The minimum absolute atomic E-state index is 0.0490. The molecule has 0 amide bonds. The van der Waals surface area contributed by atoms with E-state index < -0.39 is 29.9 Å². The molecule has 4 rings (SSSR count). The van der Waals surface area contributed by atoms with E-state index in [0.717, 1.165) is 49.4 Å². The zero-order valence-corrected chi connectivity index (χ0v) is 31.7. The number of carboxylic acid groups (broad SMARTS) is 1. The van der Waals surface area contributed by atoms with Crippen LogP contribution in [0.5, 0.6) is 0 Å². The van der Waals surface area contributed by atoms with Crippen molar-refractivity contribution in [3.05, 3.63) is 11.6 Å². The molecule has 0 aliphatic heterocycles. The van der Waals surface area contributed by atoms with Gasteiger partial charge in [0.15, 0.2) is 5.79 Å². The second-order valence-electron chi connectivity index (χ2n) is 18.2. The number of rotatable bonds is 14. The van der Waals surface area contributed by atoms with Crippen LogP contribution in [0.2, 0.25) is 0 Å². The molecule has 4 aliphatic rings. The molecule has 0 aromatic carbocycles. The van der Waals surface area contributed by atoms with E-state index in [2.05, 4.69) is 47.6 Å². The predicted octanol–water partition coefficient (Wildman–Crippen LogP) is 7.31. The SMILES string of the molecule is CCCC1C[C@@]2(C)C(=CCC3C2CC[C@@]2(C)C3CC[C@@H]2[C@H](C)CCCC(C)C)CC1(O)OC(C(=O)ON(C)C)C(C(=O)O)[N+](C)(C)C. The Labute approximate surface area is 286 Å². The maximum Gasteiger partial charge on any atom is 0.366 e. The van der Waals surface area contributed by atoms with E-state index in [1.807, 2.05) is 0 Å². The number of allylic oxidation sites excluding steroid dienone is 1. The van der Waals surface area contributed by atoms with Crippen LogP contribution in [0.1, 0.15) is 119 Å². The number of carbonyl (C=O) groups excluding carboxylic acids is 1. The standard InChI is InChI=1S/C39H68N2O6/c1-12-14-28-23-38(6)27(24-39(28,45)46-34(36(44)47-40(7)8)33(35(42)43)41(9,10)11)17-18-29-31-20-19-30(26(4)16-13-15-25(2)3)37(31,5)22-21-32(29)38/h17,25-26,28-34,45H,12-16,18-24H2,1-11H3/p+1/t26-,28?,29?,30-,31?,32?,33?,34?,37-,38+,39?/m1/s1. The lowest BCUT2D eigenvalue weighted by molar-refractivity contribution is -0.890. The molecule has 2 N–H and O–H groups in total. The van der Waals surface area contributed by atoms with Crippen LogP contribution in [-0.4, -0.2) is 84.9 Å². The number of fused-ring (bicyclic) bond motifs is 5. The van der Waals surface area contributed by atoms with Gasteiger partial charge in [-0.3, -0.25) is 0 Å². The fraction of sp³-hybridized carbons (Fsp3) is 0.897. The molecule has 11 atom stereocenters. The molecule has 4 aliphatic carbocycles. The van der Waals surface area contributed by atoms with Crippen molar-refractivity contribution in [3.63, 3.8) is 0 Å². The molecule has 0 spiro atoms. The van der Waals surface area contributed by atoms with Crippen molar-refractivity contribution < 1.29 is 33.9 Å². The lowest BCUT2D eigenvalue weighted by Gasteiger charge is -2.61. The van der Waals surface area contributed by atoms with Gasteiger partial charge in [-0.15, -0.1) is 5.06 Å². The summed E-state index contributed by atoms with van der Waals surface area (Å²) in [7, 11) is 8.34. The first-order chi connectivity index (χ1) is 21.8.